The number of aliphatic carboxylic acids is 1. The lowest BCUT2D eigenvalue weighted by Gasteiger charge is -2.03. The van der Waals surface area contributed by atoms with Gasteiger partial charge in [0.2, 0.25) is 0 Å². The van der Waals surface area contributed by atoms with Gasteiger partial charge < -0.3 is 5.11 Å². The number of benzene rings is 3. The maximum atomic E-state index is 10.3. The molecule has 3 rings (SSSR count). The zero-order valence-corrected chi connectivity index (χ0v) is 21.4. The lowest BCUT2D eigenvalue weighted by Crippen LogP contribution is -1.93. The Hall–Kier alpha value is -2.35. The largest absolute Gasteiger partial charge is 0.481 e. The predicted octanol–water partition coefficient (Wildman–Crippen LogP) is 10.3. The van der Waals surface area contributed by atoms with E-state index < -0.39 is 5.97 Å². The summed E-state index contributed by atoms with van der Waals surface area (Å²) in [5.74, 6) is -0.653. The summed E-state index contributed by atoms with van der Waals surface area (Å²) in [5.41, 5.74) is 0. The Balaban J connectivity index is 0.000000252. The number of unbranched alkanes of at least 4 members (excludes halogenated alkanes) is 14. The Kier molecular flexibility index (Phi) is 14.8. The van der Waals surface area contributed by atoms with Gasteiger partial charge in [0.1, 0.15) is 0 Å². The molecular formula is C32H46O2. The van der Waals surface area contributed by atoms with E-state index in [-0.39, 0.29) is 0 Å². The van der Waals surface area contributed by atoms with Gasteiger partial charge in [0.05, 0.1) is 0 Å². The maximum absolute atomic E-state index is 10.3. The van der Waals surface area contributed by atoms with Crippen molar-refractivity contribution < 1.29 is 9.90 Å². The molecule has 34 heavy (non-hydrogen) atoms. The fraction of sp³-hybridized carbons (Fsp3) is 0.531. The summed E-state index contributed by atoms with van der Waals surface area (Å²) in [5, 5.41) is 13.8. The number of rotatable bonds is 16. The molecule has 0 amide bonds. The van der Waals surface area contributed by atoms with E-state index in [1.807, 2.05) is 0 Å². The van der Waals surface area contributed by atoms with Gasteiger partial charge in [-0.1, -0.05) is 157 Å². The molecule has 0 heterocycles. The highest BCUT2D eigenvalue weighted by atomic mass is 16.4. The van der Waals surface area contributed by atoms with Gasteiger partial charge in [-0.2, -0.15) is 0 Å². The van der Waals surface area contributed by atoms with Crippen LogP contribution in [0.2, 0.25) is 0 Å². The van der Waals surface area contributed by atoms with Crippen LogP contribution in [-0.4, -0.2) is 11.1 Å². The second-order valence-electron chi connectivity index (χ2n) is 9.60. The Morgan fingerprint density at radius 2 is 0.882 bits per heavy atom. The molecule has 0 spiro atoms. The highest BCUT2D eigenvalue weighted by Gasteiger charge is 1.98. The van der Waals surface area contributed by atoms with E-state index in [9.17, 15) is 4.79 Å². The number of carbonyl (C=O) groups is 1. The molecular weight excluding hydrogens is 416 g/mol. The molecule has 0 aromatic heterocycles. The van der Waals surface area contributed by atoms with Gasteiger partial charge in [0.25, 0.3) is 0 Å². The number of carboxylic acids is 1. The fourth-order valence-corrected chi connectivity index (χ4v) is 4.60. The number of fused-ring (bicyclic) bond motifs is 3. The standard InChI is InChI=1S/C18H36O2.C14H10/c1-2-3-4-5-6-7-8-9-10-11-12-13-14-15-16-17-18(19)20;1-3-7-13-11(5-1)9-10-12-6-2-4-8-14(12)13/h2-17H2,1H3,(H,19,20);1-10H. The summed E-state index contributed by atoms with van der Waals surface area (Å²) in [4.78, 5) is 10.3. The molecule has 0 atom stereocenters. The lowest BCUT2D eigenvalue weighted by molar-refractivity contribution is -0.137. The van der Waals surface area contributed by atoms with Crippen LogP contribution >= 0.6 is 0 Å². The first-order chi connectivity index (χ1) is 16.7. The van der Waals surface area contributed by atoms with Crippen molar-refractivity contribution in [3.8, 4) is 0 Å². The minimum Gasteiger partial charge on any atom is -0.481 e. The maximum Gasteiger partial charge on any atom is 0.303 e. The lowest BCUT2D eigenvalue weighted by atomic mass is 10.0. The third-order valence-corrected chi connectivity index (χ3v) is 6.65. The van der Waals surface area contributed by atoms with Crippen LogP contribution in [0.25, 0.3) is 21.5 Å². The molecule has 0 radical (unpaired) electrons. The number of hydrogen-bond acceptors (Lipinski definition) is 1. The highest BCUT2D eigenvalue weighted by molar-refractivity contribution is 6.07. The molecule has 0 aliphatic carbocycles. The molecule has 0 unspecified atom stereocenters. The molecule has 0 bridgehead atoms. The van der Waals surface area contributed by atoms with E-state index in [1.54, 1.807) is 0 Å². The van der Waals surface area contributed by atoms with Crippen molar-refractivity contribution in [1.29, 1.82) is 0 Å². The van der Waals surface area contributed by atoms with Crippen LogP contribution in [0.15, 0.2) is 60.7 Å². The van der Waals surface area contributed by atoms with Gasteiger partial charge in [-0.25, -0.2) is 0 Å². The quantitative estimate of drug-likeness (QED) is 0.170. The molecule has 1 N–H and O–H groups in total. The minimum absolute atomic E-state index is 0.345. The molecule has 0 fully saturated rings. The second kappa shape index (κ2) is 18.0. The van der Waals surface area contributed by atoms with Crippen molar-refractivity contribution in [2.24, 2.45) is 0 Å². The van der Waals surface area contributed by atoms with E-state index in [0.717, 1.165) is 12.8 Å². The SMILES string of the molecule is CCCCCCCCCCCCCCCCCC(=O)O.c1ccc2c(c1)ccc1ccccc12. The van der Waals surface area contributed by atoms with Gasteiger partial charge in [-0.05, 0) is 28.0 Å². The normalized spacial score (nSPS) is 10.9. The first kappa shape index (κ1) is 27.9. The van der Waals surface area contributed by atoms with Crippen LogP contribution in [-0.2, 0) is 4.79 Å². The molecule has 3 aromatic rings. The first-order valence-corrected chi connectivity index (χ1v) is 13.8. The third-order valence-electron chi connectivity index (χ3n) is 6.65. The Morgan fingerprint density at radius 1 is 0.529 bits per heavy atom. The van der Waals surface area contributed by atoms with E-state index in [1.165, 1.54) is 105 Å². The van der Waals surface area contributed by atoms with Crippen molar-refractivity contribution in [1.82, 2.24) is 0 Å². The first-order valence-electron chi connectivity index (χ1n) is 13.8. The molecule has 2 nitrogen and oxygen atoms in total. The van der Waals surface area contributed by atoms with Crippen LogP contribution < -0.4 is 0 Å². The van der Waals surface area contributed by atoms with Crippen LogP contribution in [0.5, 0.6) is 0 Å². The van der Waals surface area contributed by atoms with Gasteiger partial charge in [-0.15, -0.1) is 0 Å². The summed E-state index contributed by atoms with van der Waals surface area (Å²) < 4.78 is 0. The van der Waals surface area contributed by atoms with Gasteiger partial charge >= 0.3 is 5.97 Å². The van der Waals surface area contributed by atoms with Crippen molar-refractivity contribution in [2.45, 2.75) is 110 Å². The molecule has 0 saturated heterocycles. The smallest absolute Gasteiger partial charge is 0.303 e. The van der Waals surface area contributed by atoms with Crippen LogP contribution in [0.1, 0.15) is 110 Å². The molecule has 0 saturated carbocycles. The van der Waals surface area contributed by atoms with Crippen molar-refractivity contribution in [3.05, 3.63) is 60.7 Å². The molecule has 186 valence electrons. The van der Waals surface area contributed by atoms with Crippen molar-refractivity contribution >= 4 is 27.5 Å². The van der Waals surface area contributed by atoms with Crippen LogP contribution in [0.3, 0.4) is 0 Å². The summed E-state index contributed by atoms with van der Waals surface area (Å²) in [7, 11) is 0. The Bertz CT molecular complexity index is 876. The van der Waals surface area contributed by atoms with Crippen molar-refractivity contribution in [3.63, 3.8) is 0 Å². The van der Waals surface area contributed by atoms with Gasteiger partial charge in [-0.3, -0.25) is 4.79 Å². The monoisotopic (exact) mass is 462 g/mol. The average molecular weight is 463 g/mol. The second-order valence-corrected chi connectivity index (χ2v) is 9.60. The Morgan fingerprint density at radius 3 is 1.26 bits per heavy atom. The number of carboxylic acid groups (broad SMARTS) is 1. The molecule has 0 aliphatic heterocycles. The summed E-state index contributed by atoms with van der Waals surface area (Å²) in [6.07, 6.45) is 20.2. The zero-order chi connectivity index (χ0) is 24.3. The van der Waals surface area contributed by atoms with E-state index in [2.05, 4.69) is 67.6 Å². The minimum atomic E-state index is -0.653. The zero-order valence-electron chi connectivity index (χ0n) is 21.4. The van der Waals surface area contributed by atoms with E-state index in [0.29, 0.717) is 6.42 Å². The van der Waals surface area contributed by atoms with Gasteiger partial charge in [0, 0.05) is 6.42 Å². The van der Waals surface area contributed by atoms with E-state index >= 15 is 0 Å². The van der Waals surface area contributed by atoms with Crippen molar-refractivity contribution in [2.75, 3.05) is 0 Å². The Labute approximate surface area is 207 Å². The average Bonchev–Trinajstić information content (AvgIpc) is 2.86. The summed E-state index contributed by atoms with van der Waals surface area (Å²) in [6, 6.07) is 21.4. The molecule has 0 aliphatic rings. The molecule has 2 heteroatoms. The summed E-state index contributed by atoms with van der Waals surface area (Å²) >= 11 is 0. The van der Waals surface area contributed by atoms with E-state index in [4.69, 9.17) is 5.11 Å². The number of hydrogen-bond donors (Lipinski definition) is 1. The fourth-order valence-electron chi connectivity index (χ4n) is 4.60. The van der Waals surface area contributed by atoms with Gasteiger partial charge in [0.15, 0.2) is 0 Å². The molecule has 3 aromatic carbocycles. The topological polar surface area (TPSA) is 37.3 Å². The third kappa shape index (κ3) is 11.7. The predicted molar refractivity (Wildman–Crippen MR) is 149 cm³/mol. The summed E-state index contributed by atoms with van der Waals surface area (Å²) in [6.45, 7) is 2.27. The van der Waals surface area contributed by atoms with Crippen LogP contribution in [0.4, 0.5) is 0 Å². The van der Waals surface area contributed by atoms with Crippen LogP contribution in [0, 0.1) is 0 Å². The highest BCUT2D eigenvalue weighted by Crippen LogP contribution is 2.24.